The normalized spacial score (nSPS) is 12.9. The first-order valence-electron chi connectivity index (χ1n) is 6.16. The molecule has 3 nitrogen and oxygen atoms in total. The van der Waals surface area contributed by atoms with E-state index in [1.54, 1.807) is 0 Å². The van der Waals surface area contributed by atoms with E-state index >= 15 is 0 Å². The van der Waals surface area contributed by atoms with Gasteiger partial charge in [0.25, 0.3) is 0 Å². The Balaban J connectivity index is 2.38. The van der Waals surface area contributed by atoms with Gasteiger partial charge in [-0.05, 0) is 26.3 Å². The van der Waals surface area contributed by atoms with Crippen LogP contribution in [0.15, 0.2) is 30.3 Å². The fourth-order valence-electron chi connectivity index (χ4n) is 1.53. The molecule has 0 amide bonds. The van der Waals surface area contributed by atoms with E-state index in [0.717, 1.165) is 5.56 Å². The molecule has 0 spiro atoms. The van der Waals surface area contributed by atoms with Crippen molar-refractivity contribution >= 4 is 0 Å². The molecule has 0 aliphatic heterocycles. The van der Waals surface area contributed by atoms with Gasteiger partial charge in [0.2, 0.25) is 0 Å². The Labute approximate surface area is 104 Å². The van der Waals surface area contributed by atoms with Crippen molar-refractivity contribution in [3.63, 3.8) is 0 Å². The molecule has 1 aromatic rings. The van der Waals surface area contributed by atoms with E-state index in [0.29, 0.717) is 19.8 Å². The van der Waals surface area contributed by atoms with Gasteiger partial charge in [0.1, 0.15) is 6.10 Å². The van der Waals surface area contributed by atoms with E-state index in [4.69, 9.17) is 14.2 Å². The lowest BCUT2D eigenvalue weighted by Crippen LogP contribution is -2.31. The summed E-state index contributed by atoms with van der Waals surface area (Å²) in [6.45, 7) is 7.72. The van der Waals surface area contributed by atoms with Gasteiger partial charge in [-0.1, -0.05) is 30.3 Å². The molecule has 1 rings (SSSR count). The Hall–Kier alpha value is -0.900. The van der Waals surface area contributed by atoms with Crippen LogP contribution >= 0.6 is 0 Å². The minimum atomic E-state index is -0.284. The summed E-state index contributed by atoms with van der Waals surface area (Å²) in [5.41, 5.74) is 1.16. The van der Waals surface area contributed by atoms with Crippen LogP contribution in [0.1, 0.15) is 26.3 Å². The molecule has 0 aromatic heterocycles. The average molecular weight is 238 g/mol. The van der Waals surface area contributed by atoms with Gasteiger partial charge in [-0.2, -0.15) is 0 Å². The molecule has 0 heterocycles. The maximum atomic E-state index is 5.75. The lowest BCUT2D eigenvalue weighted by molar-refractivity contribution is -0.200. The van der Waals surface area contributed by atoms with E-state index in [9.17, 15) is 0 Å². The number of benzene rings is 1. The zero-order valence-electron chi connectivity index (χ0n) is 10.9. The van der Waals surface area contributed by atoms with Crippen molar-refractivity contribution in [2.24, 2.45) is 0 Å². The molecule has 0 fully saturated rings. The zero-order chi connectivity index (χ0) is 12.5. The first-order chi connectivity index (χ1) is 8.27. The van der Waals surface area contributed by atoms with Crippen molar-refractivity contribution in [3.05, 3.63) is 35.9 Å². The number of hydrogen-bond acceptors (Lipinski definition) is 3. The highest BCUT2D eigenvalue weighted by Crippen LogP contribution is 2.09. The van der Waals surface area contributed by atoms with Crippen LogP contribution in [-0.4, -0.2) is 25.6 Å². The zero-order valence-corrected chi connectivity index (χ0v) is 10.9. The molecule has 17 heavy (non-hydrogen) atoms. The Bertz CT molecular complexity index is 281. The molecule has 0 saturated carbocycles. The first kappa shape index (κ1) is 14.2. The second kappa shape index (κ2) is 8.23. The van der Waals surface area contributed by atoms with Gasteiger partial charge in [0, 0.05) is 13.2 Å². The highest BCUT2D eigenvalue weighted by atomic mass is 16.7. The molecule has 0 bridgehead atoms. The van der Waals surface area contributed by atoms with Crippen LogP contribution in [0.2, 0.25) is 0 Å². The van der Waals surface area contributed by atoms with Gasteiger partial charge >= 0.3 is 0 Å². The fraction of sp³-hybridized carbons (Fsp3) is 0.571. The van der Waals surface area contributed by atoms with Crippen molar-refractivity contribution in [1.82, 2.24) is 0 Å². The summed E-state index contributed by atoms with van der Waals surface area (Å²) in [7, 11) is 0. The van der Waals surface area contributed by atoms with Gasteiger partial charge in [0.15, 0.2) is 6.29 Å². The van der Waals surface area contributed by atoms with Crippen molar-refractivity contribution < 1.29 is 14.2 Å². The van der Waals surface area contributed by atoms with Crippen LogP contribution in [0, 0.1) is 0 Å². The quantitative estimate of drug-likeness (QED) is 0.652. The molecule has 96 valence electrons. The monoisotopic (exact) mass is 238 g/mol. The van der Waals surface area contributed by atoms with Gasteiger partial charge < -0.3 is 14.2 Å². The summed E-state index contributed by atoms with van der Waals surface area (Å²) in [5, 5.41) is 0. The van der Waals surface area contributed by atoms with Gasteiger partial charge in [-0.15, -0.1) is 0 Å². The summed E-state index contributed by atoms with van der Waals surface area (Å²) < 4.78 is 16.7. The van der Waals surface area contributed by atoms with Crippen LogP contribution < -0.4 is 0 Å². The lowest BCUT2D eigenvalue weighted by Gasteiger charge is -2.23. The number of ether oxygens (including phenoxy) is 3. The summed E-state index contributed by atoms with van der Waals surface area (Å²) in [5.74, 6) is 0. The molecule has 0 aliphatic rings. The first-order valence-corrected chi connectivity index (χ1v) is 6.16. The molecule has 1 aromatic carbocycles. The molecule has 3 heteroatoms. The summed E-state index contributed by atoms with van der Waals surface area (Å²) in [6.07, 6.45) is -0.358. The highest BCUT2D eigenvalue weighted by molar-refractivity contribution is 5.13. The highest BCUT2D eigenvalue weighted by Gasteiger charge is 2.18. The van der Waals surface area contributed by atoms with Crippen LogP contribution in [0.25, 0.3) is 0 Å². The minimum absolute atomic E-state index is 0.0740. The SMILES string of the molecule is CCOC(OCC)C(C)OCc1ccccc1. The predicted molar refractivity (Wildman–Crippen MR) is 67.7 cm³/mol. The Morgan fingerprint density at radius 3 is 2.06 bits per heavy atom. The maximum absolute atomic E-state index is 5.75. The third-order valence-corrected chi connectivity index (χ3v) is 2.40. The molecular formula is C14H22O3. The van der Waals surface area contributed by atoms with Crippen LogP contribution in [-0.2, 0) is 20.8 Å². The minimum Gasteiger partial charge on any atom is -0.369 e. The van der Waals surface area contributed by atoms with Crippen molar-refractivity contribution in [1.29, 1.82) is 0 Å². The Morgan fingerprint density at radius 2 is 1.53 bits per heavy atom. The largest absolute Gasteiger partial charge is 0.369 e. The molecular weight excluding hydrogens is 216 g/mol. The number of rotatable bonds is 8. The van der Waals surface area contributed by atoms with Crippen molar-refractivity contribution in [2.45, 2.75) is 39.8 Å². The lowest BCUT2D eigenvalue weighted by atomic mass is 10.2. The third-order valence-electron chi connectivity index (χ3n) is 2.40. The molecule has 0 saturated heterocycles. The van der Waals surface area contributed by atoms with Crippen LogP contribution in [0.4, 0.5) is 0 Å². The van der Waals surface area contributed by atoms with E-state index < -0.39 is 0 Å². The van der Waals surface area contributed by atoms with Gasteiger partial charge in [0.05, 0.1) is 6.61 Å². The van der Waals surface area contributed by atoms with Gasteiger partial charge in [-0.3, -0.25) is 0 Å². The Morgan fingerprint density at radius 1 is 0.941 bits per heavy atom. The van der Waals surface area contributed by atoms with E-state index in [1.807, 2.05) is 51.1 Å². The van der Waals surface area contributed by atoms with Crippen LogP contribution in [0.5, 0.6) is 0 Å². The topological polar surface area (TPSA) is 27.7 Å². The summed E-state index contributed by atoms with van der Waals surface area (Å²) in [4.78, 5) is 0. The Kier molecular flexibility index (Phi) is 6.86. The average Bonchev–Trinajstić information content (AvgIpc) is 2.37. The second-order valence-electron chi connectivity index (χ2n) is 3.78. The van der Waals surface area contributed by atoms with E-state index in [1.165, 1.54) is 0 Å². The van der Waals surface area contributed by atoms with Crippen LogP contribution in [0.3, 0.4) is 0 Å². The summed E-state index contributed by atoms with van der Waals surface area (Å²) in [6, 6.07) is 10.1. The van der Waals surface area contributed by atoms with Crippen molar-refractivity contribution in [2.75, 3.05) is 13.2 Å². The van der Waals surface area contributed by atoms with E-state index in [-0.39, 0.29) is 12.4 Å². The molecule has 1 unspecified atom stereocenters. The fourth-order valence-corrected chi connectivity index (χ4v) is 1.53. The molecule has 0 aliphatic carbocycles. The predicted octanol–water partition coefficient (Wildman–Crippen LogP) is 2.99. The molecule has 1 atom stereocenters. The standard InChI is InChI=1S/C14H22O3/c1-4-15-14(16-5-2)12(3)17-11-13-9-7-6-8-10-13/h6-10,12,14H,4-5,11H2,1-3H3. The molecule has 0 N–H and O–H groups in total. The van der Waals surface area contributed by atoms with Gasteiger partial charge in [-0.25, -0.2) is 0 Å². The number of hydrogen-bond donors (Lipinski definition) is 0. The maximum Gasteiger partial charge on any atom is 0.183 e. The molecule has 0 radical (unpaired) electrons. The smallest absolute Gasteiger partial charge is 0.183 e. The second-order valence-corrected chi connectivity index (χ2v) is 3.78. The third kappa shape index (κ3) is 5.31. The van der Waals surface area contributed by atoms with Crippen molar-refractivity contribution in [3.8, 4) is 0 Å². The van der Waals surface area contributed by atoms with E-state index in [2.05, 4.69) is 0 Å². The summed E-state index contributed by atoms with van der Waals surface area (Å²) >= 11 is 0.